The van der Waals surface area contributed by atoms with Crippen LogP contribution in [0.15, 0.2) is 59.9 Å². The monoisotopic (exact) mass is 361 g/mol. The third-order valence-electron chi connectivity index (χ3n) is 4.46. The summed E-state index contributed by atoms with van der Waals surface area (Å²) in [5, 5.41) is 14.1. The number of pyridine rings is 1. The van der Waals surface area contributed by atoms with Crippen LogP contribution < -0.4 is 4.74 Å². The molecule has 0 aliphatic carbocycles. The van der Waals surface area contributed by atoms with E-state index in [-0.39, 0.29) is 0 Å². The van der Waals surface area contributed by atoms with Crippen molar-refractivity contribution in [2.45, 2.75) is 13.2 Å². The molecule has 6 nitrogen and oxygen atoms in total. The summed E-state index contributed by atoms with van der Waals surface area (Å²) in [6.07, 6.45) is 3.05. The molecule has 2 heterocycles. The molecule has 0 unspecified atom stereocenters. The molecule has 4 aromatic rings. The number of nitrogens with one attached hydrogen (secondary N) is 1. The van der Waals surface area contributed by atoms with Gasteiger partial charge in [-0.1, -0.05) is 35.5 Å². The molecule has 27 heavy (non-hydrogen) atoms. The summed E-state index contributed by atoms with van der Waals surface area (Å²) in [5.74, 6) is 0.782. The van der Waals surface area contributed by atoms with E-state index >= 15 is 0 Å². The van der Waals surface area contributed by atoms with Crippen molar-refractivity contribution in [3.8, 4) is 5.75 Å². The lowest BCUT2D eigenvalue weighted by Gasteiger charge is -2.08. The molecule has 0 aliphatic heterocycles. The van der Waals surface area contributed by atoms with Crippen molar-refractivity contribution in [1.82, 2.24) is 9.97 Å². The summed E-state index contributed by atoms with van der Waals surface area (Å²) in [7, 11) is 1.63. The zero-order chi connectivity index (χ0) is 18.6. The van der Waals surface area contributed by atoms with Crippen molar-refractivity contribution in [2.75, 3.05) is 7.11 Å². The summed E-state index contributed by atoms with van der Waals surface area (Å²) in [6.45, 7) is 0.858. The third-order valence-corrected chi connectivity index (χ3v) is 4.46. The lowest BCUT2D eigenvalue weighted by Crippen LogP contribution is -1.99. The smallest absolute Gasteiger partial charge is 0.120 e. The molecule has 0 fully saturated rings. The van der Waals surface area contributed by atoms with Crippen molar-refractivity contribution in [1.29, 1.82) is 0 Å². The van der Waals surface area contributed by atoms with Gasteiger partial charge in [0.25, 0.3) is 0 Å². The quantitative estimate of drug-likeness (QED) is 0.306. The Morgan fingerprint density at radius 2 is 1.96 bits per heavy atom. The fourth-order valence-corrected chi connectivity index (χ4v) is 3.24. The van der Waals surface area contributed by atoms with Gasteiger partial charge < -0.3 is 19.7 Å². The number of ether oxygens (including phenoxy) is 2. The Kier molecular flexibility index (Phi) is 4.72. The fraction of sp³-hybridized carbons (Fsp3) is 0.143. The molecule has 2 aromatic heterocycles. The average Bonchev–Trinajstić information content (AvgIpc) is 3.07. The maximum atomic E-state index is 8.93. The summed E-state index contributed by atoms with van der Waals surface area (Å²) >= 11 is 0. The molecule has 0 amide bonds. The van der Waals surface area contributed by atoms with Crippen molar-refractivity contribution in [3.63, 3.8) is 0 Å². The van der Waals surface area contributed by atoms with Crippen LogP contribution in [0.2, 0.25) is 0 Å². The Labute approximate surface area is 156 Å². The van der Waals surface area contributed by atoms with Gasteiger partial charge in [0.05, 0.1) is 30.2 Å². The van der Waals surface area contributed by atoms with Gasteiger partial charge in [0, 0.05) is 29.0 Å². The molecular weight excluding hydrogens is 342 g/mol. The number of hydrogen-bond donors (Lipinski definition) is 2. The SMILES string of the molecule is COCc1c(/C=N/O)ncc2[nH]c3ccc(OCc4ccccc4)cc3c12. The zero-order valence-corrected chi connectivity index (χ0v) is 14.8. The summed E-state index contributed by atoms with van der Waals surface area (Å²) in [6, 6.07) is 16.0. The van der Waals surface area contributed by atoms with Crippen LogP contribution in [0.25, 0.3) is 21.8 Å². The largest absolute Gasteiger partial charge is 0.489 e. The highest BCUT2D eigenvalue weighted by molar-refractivity contribution is 6.10. The number of oxime groups is 1. The predicted molar refractivity (Wildman–Crippen MR) is 104 cm³/mol. The van der Waals surface area contributed by atoms with Crippen LogP contribution in [-0.2, 0) is 18.0 Å². The summed E-state index contributed by atoms with van der Waals surface area (Å²) in [4.78, 5) is 7.72. The second kappa shape index (κ2) is 7.47. The number of hydrogen-bond acceptors (Lipinski definition) is 5. The fourth-order valence-electron chi connectivity index (χ4n) is 3.24. The molecule has 4 rings (SSSR count). The van der Waals surface area contributed by atoms with Crippen molar-refractivity contribution in [2.24, 2.45) is 5.16 Å². The third kappa shape index (κ3) is 3.35. The van der Waals surface area contributed by atoms with Gasteiger partial charge in [-0.25, -0.2) is 0 Å². The standard InChI is InChI=1S/C21H19N3O3/c1-26-13-17-19(11-23-25)22-10-20-21(17)16-9-15(7-8-18(16)24-20)27-12-14-5-3-2-4-6-14/h2-11,24-25H,12-13H2,1H3/b23-11+. The maximum Gasteiger partial charge on any atom is 0.120 e. The Bertz CT molecular complexity index is 1100. The molecule has 0 aliphatic rings. The minimum absolute atomic E-state index is 0.355. The van der Waals surface area contributed by atoms with Gasteiger partial charge in [0.2, 0.25) is 0 Å². The average molecular weight is 361 g/mol. The molecule has 136 valence electrons. The highest BCUT2D eigenvalue weighted by atomic mass is 16.5. The van der Waals surface area contributed by atoms with E-state index in [9.17, 15) is 0 Å². The normalized spacial score (nSPS) is 11.6. The van der Waals surface area contributed by atoms with Gasteiger partial charge in [-0.2, -0.15) is 0 Å². The number of rotatable bonds is 6. The molecule has 2 N–H and O–H groups in total. The van der Waals surface area contributed by atoms with Gasteiger partial charge in [-0.3, -0.25) is 4.98 Å². The van der Waals surface area contributed by atoms with E-state index < -0.39 is 0 Å². The molecule has 0 atom stereocenters. The lowest BCUT2D eigenvalue weighted by atomic mass is 10.1. The first-order chi connectivity index (χ1) is 13.3. The summed E-state index contributed by atoms with van der Waals surface area (Å²) in [5.41, 5.74) is 4.42. The minimum atomic E-state index is 0.355. The molecule has 0 saturated heterocycles. The number of methoxy groups -OCH3 is 1. The Hall–Kier alpha value is -3.38. The molecule has 0 bridgehead atoms. The van der Waals surface area contributed by atoms with Crippen LogP contribution >= 0.6 is 0 Å². The Morgan fingerprint density at radius 1 is 1.11 bits per heavy atom. The van der Waals surface area contributed by atoms with Crippen molar-refractivity contribution in [3.05, 3.63) is 71.5 Å². The van der Waals surface area contributed by atoms with Gasteiger partial charge in [0.15, 0.2) is 0 Å². The Balaban J connectivity index is 1.78. The topological polar surface area (TPSA) is 79.7 Å². The van der Waals surface area contributed by atoms with Gasteiger partial charge in [-0.15, -0.1) is 0 Å². The van der Waals surface area contributed by atoms with Crippen molar-refractivity contribution < 1.29 is 14.7 Å². The van der Waals surface area contributed by atoms with E-state index in [1.165, 1.54) is 6.21 Å². The van der Waals surface area contributed by atoms with Crippen LogP contribution in [0, 0.1) is 0 Å². The first-order valence-electron chi connectivity index (χ1n) is 8.56. The predicted octanol–water partition coefficient (Wildman–Crippen LogP) is 4.25. The number of nitrogens with zero attached hydrogens (tertiary/aromatic N) is 2. The van der Waals surface area contributed by atoms with E-state index in [1.807, 2.05) is 48.5 Å². The lowest BCUT2D eigenvalue weighted by molar-refractivity contribution is 0.185. The van der Waals surface area contributed by atoms with Crippen LogP contribution in [0.1, 0.15) is 16.8 Å². The second-order valence-electron chi connectivity index (χ2n) is 6.19. The van der Waals surface area contributed by atoms with Gasteiger partial charge >= 0.3 is 0 Å². The van der Waals surface area contributed by atoms with Gasteiger partial charge in [0.1, 0.15) is 12.4 Å². The number of fused-ring (bicyclic) bond motifs is 3. The van der Waals surface area contributed by atoms with Crippen LogP contribution in [-0.4, -0.2) is 28.5 Å². The zero-order valence-electron chi connectivity index (χ0n) is 14.8. The Morgan fingerprint density at radius 3 is 2.74 bits per heavy atom. The number of H-pyrrole nitrogens is 1. The van der Waals surface area contributed by atoms with E-state index in [2.05, 4.69) is 15.1 Å². The van der Waals surface area contributed by atoms with E-state index in [4.69, 9.17) is 14.7 Å². The number of benzene rings is 2. The van der Waals surface area contributed by atoms with Crippen LogP contribution in [0.3, 0.4) is 0 Å². The second-order valence-corrected chi connectivity index (χ2v) is 6.19. The summed E-state index contributed by atoms with van der Waals surface area (Å²) < 4.78 is 11.3. The molecule has 6 heteroatoms. The van der Waals surface area contributed by atoms with E-state index in [0.29, 0.717) is 18.9 Å². The molecule has 0 spiro atoms. The highest BCUT2D eigenvalue weighted by Crippen LogP contribution is 2.32. The van der Waals surface area contributed by atoms with Crippen LogP contribution in [0.5, 0.6) is 5.75 Å². The van der Waals surface area contributed by atoms with E-state index in [0.717, 1.165) is 38.7 Å². The van der Waals surface area contributed by atoms with Crippen LogP contribution in [0.4, 0.5) is 0 Å². The highest BCUT2D eigenvalue weighted by Gasteiger charge is 2.14. The number of aromatic nitrogens is 2. The first kappa shape index (κ1) is 17.1. The van der Waals surface area contributed by atoms with Crippen molar-refractivity contribution >= 4 is 28.0 Å². The van der Waals surface area contributed by atoms with Gasteiger partial charge in [-0.05, 0) is 23.8 Å². The maximum absolute atomic E-state index is 8.93. The van der Waals surface area contributed by atoms with E-state index in [1.54, 1.807) is 13.3 Å². The molecule has 0 radical (unpaired) electrons. The first-order valence-corrected chi connectivity index (χ1v) is 8.56. The number of aromatic amines is 1. The molecule has 0 saturated carbocycles. The molecular formula is C21H19N3O3. The molecule has 2 aromatic carbocycles. The minimum Gasteiger partial charge on any atom is -0.489 e.